The molecule has 0 bridgehead atoms. The first-order valence-corrected chi connectivity index (χ1v) is 7.57. The fourth-order valence-electron chi connectivity index (χ4n) is 2.41. The van der Waals surface area contributed by atoms with Crippen molar-refractivity contribution in [1.29, 1.82) is 0 Å². The van der Waals surface area contributed by atoms with E-state index in [4.69, 9.17) is 33.0 Å². The predicted molar refractivity (Wildman–Crippen MR) is 80.6 cm³/mol. The Balaban J connectivity index is 2.05. The van der Waals surface area contributed by atoms with Crippen LogP contribution in [0.3, 0.4) is 0 Å². The van der Waals surface area contributed by atoms with Crippen LogP contribution in [0.2, 0.25) is 10.0 Å². The molecule has 1 unspecified atom stereocenters. The molecule has 0 heterocycles. The molecule has 0 radical (unpaired) electrons. The number of rotatable bonds is 6. The van der Waals surface area contributed by atoms with Gasteiger partial charge in [-0.2, -0.15) is 0 Å². The van der Waals surface area contributed by atoms with Gasteiger partial charge in [0.25, 0.3) is 0 Å². The van der Waals surface area contributed by atoms with Crippen LogP contribution in [0.25, 0.3) is 0 Å². The fraction of sp³-hybridized carbons (Fsp3) is 0.467. The van der Waals surface area contributed by atoms with E-state index in [9.17, 15) is 9.59 Å². The zero-order valence-electron chi connectivity index (χ0n) is 11.6. The van der Waals surface area contributed by atoms with Crippen molar-refractivity contribution in [2.75, 3.05) is 6.61 Å². The molecule has 1 N–H and O–H groups in total. The summed E-state index contributed by atoms with van der Waals surface area (Å²) in [6.45, 7) is 2.23. The summed E-state index contributed by atoms with van der Waals surface area (Å²) >= 11 is 12.3. The third-order valence-electron chi connectivity index (χ3n) is 3.52. The molecular weight excluding hydrogens is 315 g/mol. The van der Waals surface area contributed by atoms with Crippen LogP contribution in [-0.2, 0) is 11.2 Å². The Kier molecular flexibility index (Phi) is 5.12. The van der Waals surface area contributed by atoms with Crippen LogP contribution in [0, 0.1) is 5.92 Å². The number of ketones is 1. The average molecular weight is 331 g/mol. The number of fused-ring (bicyclic) bond motifs is 1. The highest BCUT2D eigenvalue weighted by atomic mass is 35.5. The summed E-state index contributed by atoms with van der Waals surface area (Å²) in [6.07, 6.45) is 1.92. The molecule has 0 amide bonds. The first-order chi connectivity index (χ1) is 9.91. The molecule has 1 aliphatic rings. The predicted octanol–water partition coefficient (Wildman–Crippen LogP) is 4.00. The van der Waals surface area contributed by atoms with Gasteiger partial charge in [-0.05, 0) is 30.9 Å². The van der Waals surface area contributed by atoms with Gasteiger partial charge in [0.15, 0.2) is 5.78 Å². The highest BCUT2D eigenvalue weighted by Gasteiger charge is 2.31. The summed E-state index contributed by atoms with van der Waals surface area (Å²) in [4.78, 5) is 22.4. The molecule has 4 nitrogen and oxygen atoms in total. The summed E-state index contributed by atoms with van der Waals surface area (Å²) < 4.78 is 5.57. The van der Waals surface area contributed by atoms with E-state index in [-0.39, 0.29) is 28.2 Å². The molecule has 21 heavy (non-hydrogen) atoms. The Morgan fingerprint density at radius 3 is 2.76 bits per heavy atom. The number of carbonyl (C=O) groups is 2. The summed E-state index contributed by atoms with van der Waals surface area (Å²) in [5, 5.41) is 9.05. The van der Waals surface area contributed by atoms with Gasteiger partial charge in [0.1, 0.15) is 10.8 Å². The highest BCUT2D eigenvalue weighted by molar-refractivity contribution is 6.45. The van der Waals surface area contributed by atoms with Gasteiger partial charge in [-0.1, -0.05) is 30.1 Å². The smallest absolute Gasteiger partial charge is 0.303 e. The lowest BCUT2D eigenvalue weighted by Crippen LogP contribution is -2.04. The van der Waals surface area contributed by atoms with Gasteiger partial charge in [-0.25, -0.2) is 0 Å². The van der Waals surface area contributed by atoms with Crippen LogP contribution in [0.4, 0.5) is 0 Å². The zero-order chi connectivity index (χ0) is 15.6. The van der Waals surface area contributed by atoms with Crippen molar-refractivity contribution in [3.05, 3.63) is 27.2 Å². The average Bonchev–Trinajstić information content (AvgIpc) is 2.70. The van der Waals surface area contributed by atoms with Crippen LogP contribution in [0.1, 0.15) is 42.1 Å². The number of carbonyl (C=O) groups excluding carboxylic acids is 1. The number of benzene rings is 1. The third-order valence-corrected chi connectivity index (χ3v) is 4.37. The molecule has 6 heteroatoms. The number of carboxylic acid groups (broad SMARTS) is 1. The quantitative estimate of drug-likeness (QED) is 0.800. The van der Waals surface area contributed by atoms with Crippen molar-refractivity contribution in [2.24, 2.45) is 5.92 Å². The molecule has 1 aromatic rings. The monoisotopic (exact) mass is 330 g/mol. The maximum Gasteiger partial charge on any atom is 0.303 e. The van der Waals surface area contributed by atoms with E-state index in [1.54, 1.807) is 6.07 Å². The van der Waals surface area contributed by atoms with Crippen LogP contribution in [0.5, 0.6) is 5.75 Å². The van der Waals surface area contributed by atoms with Crippen LogP contribution in [0.15, 0.2) is 6.07 Å². The lowest BCUT2D eigenvalue weighted by atomic mass is 10.1. The first-order valence-electron chi connectivity index (χ1n) is 6.81. The van der Waals surface area contributed by atoms with Crippen LogP contribution in [-0.4, -0.2) is 23.5 Å². The molecule has 2 rings (SSSR count). The van der Waals surface area contributed by atoms with E-state index in [1.165, 1.54) is 0 Å². The third kappa shape index (κ3) is 3.50. The van der Waals surface area contributed by atoms with E-state index in [1.807, 2.05) is 6.92 Å². The van der Waals surface area contributed by atoms with E-state index in [0.29, 0.717) is 37.2 Å². The van der Waals surface area contributed by atoms with Crippen molar-refractivity contribution in [3.63, 3.8) is 0 Å². The number of ether oxygens (including phenoxy) is 1. The number of hydrogen-bond acceptors (Lipinski definition) is 3. The summed E-state index contributed by atoms with van der Waals surface area (Å²) in [5.41, 5.74) is 1.37. The van der Waals surface area contributed by atoms with Crippen molar-refractivity contribution >= 4 is 35.0 Å². The van der Waals surface area contributed by atoms with Gasteiger partial charge in [0.05, 0.1) is 11.6 Å². The largest absolute Gasteiger partial charge is 0.492 e. The molecule has 0 fully saturated rings. The minimum absolute atomic E-state index is 0.0184. The molecule has 1 aromatic carbocycles. The second kappa shape index (κ2) is 6.67. The minimum atomic E-state index is -0.818. The van der Waals surface area contributed by atoms with Gasteiger partial charge >= 0.3 is 5.97 Å². The summed E-state index contributed by atoms with van der Waals surface area (Å²) in [6, 6.07) is 1.77. The number of aliphatic carboxylic acids is 1. The van der Waals surface area contributed by atoms with Crippen molar-refractivity contribution in [1.82, 2.24) is 0 Å². The second-order valence-electron chi connectivity index (χ2n) is 5.21. The topological polar surface area (TPSA) is 63.6 Å². The molecule has 1 atom stereocenters. The zero-order valence-corrected chi connectivity index (χ0v) is 13.1. The second-order valence-corrected chi connectivity index (χ2v) is 5.96. The molecular formula is C15H16Cl2O4. The Labute approximate surface area is 133 Å². The Morgan fingerprint density at radius 1 is 1.38 bits per heavy atom. The van der Waals surface area contributed by atoms with E-state index in [2.05, 4.69) is 0 Å². The maximum absolute atomic E-state index is 12.0. The Morgan fingerprint density at radius 2 is 2.10 bits per heavy atom. The maximum atomic E-state index is 12.0. The van der Waals surface area contributed by atoms with Gasteiger partial charge in [0, 0.05) is 17.9 Å². The fourth-order valence-corrected chi connectivity index (χ4v) is 2.93. The van der Waals surface area contributed by atoms with E-state index >= 15 is 0 Å². The molecule has 0 saturated carbocycles. The number of halogens is 2. The van der Waals surface area contributed by atoms with Crippen LogP contribution < -0.4 is 4.74 Å². The molecule has 0 saturated heterocycles. The van der Waals surface area contributed by atoms with Gasteiger partial charge < -0.3 is 9.84 Å². The Bertz CT molecular complexity index is 584. The van der Waals surface area contributed by atoms with Gasteiger partial charge in [0.2, 0.25) is 0 Å². The normalized spacial score (nSPS) is 16.9. The molecule has 0 spiro atoms. The lowest BCUT2D eigenvalue weighted by molar-refractivity contribution is -0.137. The summed E-state index contributed by atoms with van der Waals surface area (Å²) in [5.74, 6) is -0.428. The van der Waals surface area contributed by atoms with Crippen LogP contribution >= 0.6 is 23.2 Å². The van der Waals surface area contributed by atoms with Gasteiger partial charge in [-0.3, -0.25) is 9.59 Å². The molecule has 1 aliphatic carbocycles. The Hall–Kier alpha value is -1.26. The van der Waals surface area contributed by atoms with E-state index < -0.39 is 5.97 Å². The molecule has 0 aromatic heterocycles. The minimum Gasteiger partial charge on any atom is -0.492 e. The molecule has 114 valence electrons. The summed E-state index contributed by atoms with van der Waals surface area (Å²) in [7, 11) is 0. The number of Topliss-reactive ketones (excluding diaryl/α,β-unsaturated/α-hetero) is 1. The standard InChI is InChI=1S/C15H16Cl2O4/c1-8-6-9-7-10(21-5-3-2-4-11(18)19)13(16)14(17)12(9)15(8)20/h7-8H,2-6H2,1H3,(H,18,19). The lowest BCUT2D eigenvalue weighted by Gasteiger charge is -2.11. The van der Waals surface area contributed by atoms with Crippen molar-refractivity contribution in [3.8, 4) is 5.75 Å². The van der Waals surface area contributed by atoms with Crippen molar-refractivity contribution < 1.29 is 19.4 Å². The van der Waals surface area contributed by atoms with Crippen molar-refractivity contribution in [2.45, 2.75) is 32.6 Å². The number of hydrogen-bond donors (Lipinski definition) is 1. The van der Waals surface area contributed by atoms with E-state index in [0.717, 1.165) is 5.56 Å². The first kappa shape index (κ1) is 16.1. The number of unbranched alkanes of at least 4 members (excludes halogenated alkanes) is 1. The highest BCUT2D eigenvalue weighted by Crippen LogP contribution is 2.42. The SMILES string of the molecule is CC1Cc2cc(OCCCCC(=O)O)c(Cl)c(Cl)c2C1=O. The number of carboxylic acids is 1. The van der Waals surface area contributed by atoms with Gasteiger partial charge in [-0.15, -0.1) is 0 Å². The molecule has 0 aliphatic heterocycles.